The molecule has 30 heavy (non-hydrogen) atoms. The highest BCUT2D eigenvalue weighted by molar-refractivity contribution is 5.80. The zero-order valence-corrected chi connectivity index (χ0v) is 17.4. The first kappa shape index (κ1) is 21.8. The van der Waals surface area contributed by atoms with Crippen molar-refractivity contribution in [3.8, 4) is 11.5 Å². The number of piperazine rings is 1. The number of aliphatic imine (C=N–C) groups is 1. The third-order valence-corrected chi connectivity index (χ3v) is 4.87. The van der Waals surface area contributed by atoms with Gasteiger partial charge in [0, 0.05) is 64.0 Å². The summed E-state index contributed by atoms with van der Waals surface area (Å²) in [4.78, 5) is 8.78. The number of methoxy groups -OCH3 is 1. The third-order valence-electron chi connectivity index (χ3n) is 4.87. The number of rotatable bonds is 7. The minimum absolute atomic E-state index is 0.0834. The molecule has 0 atom stereocenters. The van der Waals surface area contributed by atoms with E-state index in [1.54, 1.807) is 19.2 Å². The van der Waals surface area contributed by atoms with Gasteiger partial charge in [-0.3, -0.25) is 9.89 Å². The average Bonchev–Trinajstić information content (AvgIpc) is 3.14. The van der Waals surface area contributed by atoms with Crippen molar-refractivity contribution in [1.82, 2.24) is 20.3 Å². The fourth-order valence-corrected chi connectivity index (χ4v) is 3.36. The Hall–Kier alpha value is -2.88. The summed E-state index contributed by atoms with van der Waals surface area (Å²) in [6.45, 7) is 3.32. The molecule has 1 saturated heterocycles. The number of benzene rings is 1. The molecule has 8 nitrogen and oxygen atoms in total. The van der Waals surface area contributed by atoms with Crippen molar-refractivity contribution in [1.29, 1.82) is 0 Å². The SMILES string of the molecule is CN=C(NCc1ccc(OC)cc1OC(F)F)N1CCN(Cc2cc(C)on2)CC1. The quantitative estimate of drug-likeness (QED) is 0.542. The van der Waals surface area contributed by atoms with Crippen LogP contribution in [0.2, 0.25) is 0 Å². The summed E-state index contributed by atoms with van der Waals surface area (Å²) < 4.78 is 40.4. The standard InChI is InChI=1S/C20H27F2N5O3/c1-14-10-16(25-30-14)13-26-6-8-27(9-7-26)20(23-2)24-12-15-4-5-17(28-3)11-18(15)29-19(21)22/h4-5,10-11,19H,6-9,12-13H2,1-3H3,(H,23,24). The van der Waals surface area contributed by atoms with Gasteiger partial charge in [0.15, 0.2) is 5.96 Å². The second kappa shape index (κ2) is 10.2. The molecule has 10 heteroatoms. The number of guanidine groups is 1. The average molecular weight is 423 g/mol. The molecule has 1 aromatic heterocycles. The van der Waals surface area contributed by atoms with E-state index in [1.807, 2.05) is 13.0 Å². The molecule has 2 heterocycles. The van der Waals surface area contributed by atoms with E-state index in [4.69, 9.17) is 9.26 Å². The van der Waals surface area contributed by atoms with Gasteiger partial charge in [0.2, 0.25) is 0 Å². The van der Waals surface area contributed by atoms with Crippen LogP contribution in [0.15, 0.2) is 33.8 Å². The number of halogens is 2. The first-order chi connectivity index (χ1) is 14.5. The van der Waals surface area contributed by atoms with Crippen molar-refractivity contribution < 1.29 is 22.8 Å². The van der Waals surface area contributed by atoms with Crippen molar-refractivity contribution in [2.75, 3.05) is 40.3 Å². The van der Waals surface area contributed by atoms with Gasteiger partial charge in [-0.15, -0.1) is 0 Å². The summed E-state index contributed by atoms with van der Waals surface area (Å²) in [5, 5.41) is 7.28. The maximum atomic E-state index is 12.8. The van der Waals surface area contributed by atoms with Crippen LogP contribution in [0.1, 0.15) is 17.0 Å². The van der Waals surface area contributed by atoms with E-state index in [-0.39, 0.29) is 5.75 Å². The van der Waals surface area contributed by atoms with Gasteiger partial charge in [0.25, 0.3) is 0 Å². The summed E-state index contributed by atoms with van der Waals surface area (Å²) in [7, 11) is 3.18. The minimum atomic E-state index is -2.91. The molecule has 1 aliphatic rings. The molecular weight excluding hydrogens is 396 g/mol. The predicted octanol–water partition coefficient (Wildman–Crippen LogP) is 2.49. The van der Waals surface area contributed by atoms with Gasteiger partial charge in [-0.2, -0.15) is 8.78 Å². The second-order valence-corrected chi connectivity index (χ2v) is 6.95. The Balaban J connectivity index is 1.55. The molecule has 1 N–H and O–H groups in total. The van der Waals surface area contributed by atoms with Crippen LogP contribution in [0, 0.1) is 6.92 Å². The molecule has 0 unspecified atom stereocenters. The molecule has 1 fully saturated rings. The van der Waals surface area contributed by atoms with Crippen molar-refractivity contribution in [3.63, 3.8) is 0 Å². The molecule has 3 rings (SSSR count). The topological polar surface area (TPSA) is 75.4 Å². The van der Waals surface area contributed by atoms with Gasteiger partial charge in [-0.1, -0.05) is 5.16 Å². The summed E-state index contributed by atoms with van der Waals surface area (Å²) >= 11 is 0. The van der Waals surface area contributed by atoms with Gasteiger partial charge in [0.05, 0.1) is 12.8 Å². The highest BCUT2D eigenvalue weighted by Crippen LogP contribution is 2.26. The van der Waals surface area contributed by atoms with Crippen LogP contribution in [0.5, 0.6) is 11.5 Å². The Morgan fingerprint density at radius 3 is 2.63 bits per heavy atom. The van der Waals surface area contributed by atoms with Gasteiger partial charge >= 0.3 is 6.61 Å². The monoisotopic (exact) mass is 423 g/mol. The molecular formula is C20H27F2N5O3. The van der Waals surface area contributed by atoms with E-state index in [2.05, 4.69) is 30.0 Å². The molecule has 1 aliphatic heterocycles. The Bertz CT molecular complexity index is 851. The van der Waals surface area contributed by atoms with E-state index in [0.29, 0.717) is 23.8 Å². The lowest BCUT2D eigenvalue weighted by atomic mass is 10.2. The molecule has 0 bridgehead atoms. The number of ether oxygens (including phenoxy) is 2. The maximum Gasteiger partial charge on any atom is 0.387 e. The predicted molar refractivity (Wildman–Crippen MR) is 108 cm³/mol. The Morgan fingerprint density at radius 1 is 1.27 bits per heavy atom. The molecule has 1 aromatic carbocycles. The van der Waals surface area contributed by atoms with Crippen LogP contribution >= 0.6 is 0 Å². The van der Waals surface area contributed by atoms with Crippen molar-refractivity contribution in [3.05, 3.63) is 41.3 Å². The van der Waals surface area contributed by atoms with Crippen molar-refractivity contribution in [2.45, 2.75) is 26.6 Å². The largest absolute Gasteiger partial charge is 0.497 e. The van der Waals surface area contributed by atoms with Crippen LogP contribution in [0.25, 0.3) is 0 Å². The maximum absolute atomic E-state index is 12.8. The second-order valence-electron chi connectivity index (χ2n) is 6.95. The van der Waals surface area contributed by atoms with Gasteiger partial charge in [-0.05, 0) is 19.1 Å². The summed E-state index contributed by atoms with van der Waals surface area (Å²) in [6.07, 6.45) is 0. The molecule has 0 saturated carbocycles. The normalized spacial score (nSPS) is 15.5. The zero-order chi connectivity index (χ0) is 21.5. The Kier molecular flexibility index (Phi) is 7.45. The summed E-state index contributed by atoms with van der Waals surface area (Å²) in [5.41, 5.74) is 1.52. The van der Waals surface area contributed by atoms with E-state index < -0.39 is 6.61 Å². The first-order valence-electron chi connectivity index (χ1n) is 9.70. The molecule has 0 spiro atoms. The fourth-order valence-electron chi connectivity index (χ4n) is 3.36. The number of nitrogens with zero attached hydrogens (tertiary/aromatic N) is 4. The number of aryl methyl sites for hydroxylation is 1. The lowest BCUT2D eigenvalue weighted by molar-refractivity contribution is -0.0505. The number of alkyl halides is 2. The fraction of sp³-hybridized carbons (Fsp3) is 0.500. The molecule has 0 amide bonds. The lowest BCUT2D eigenvalue weighted by Gasteiger charge is -2.36. The Labute approximate surface area is 174 Å². The van der Waals surface area contributed by atoms with Crippen LogP contribution in [-0.4, -0.2) is 67.9 Å². The van der Waals surface area contributed by atoms with E-state index in [1.165, 1.54) is 13.2 Å². The molecule has 0 radical (unpaired) electrons. The number of hydrogen-bond donors (Lipinski definition) is 1. The third kappa shape index (κ3) is 5.82. The van der Waals surface area contributed by atoms with E-state index >= 15 is 0 Å². The van der Waals surface area contributed by atoms with Gasteiger partial charge < -0.3 is 24.2 Å². The smallest absolute Gasteiger partial charge is 0.387 e. The minimum Gasteiger partial charge on any atom is -0.497 e. The lowest BCUT2D eigenvalue weighted by Crippen LogP contribution is -2.52. The first-order valence-corrected chi connectivity index (χ1v) is 9.70. The highest BCUT2D eigenvalue weighted by atomic mass is 19.3. The number of nitrogens with one attached hydrogen (secondary N) is 1. The van der Waals surface area contributed by atoms with Crippen LogP contribution in [-0.2, 0) is 13.1 Å². The Morgan fingerprint density at radius 2 is 2.03 bits per heavy atom. The number of hydrogen-bond acceptors (Lipinski definition) is 6. The van der Waals surface area contributed by atoms with E-state index in [0.717, 1.165) is 44.2 Å². The van der Waals surface area contributed by atoms with Gasteiger partial charge in [0.1, 0.15) is 17.3 Å². The number of aromatic nitrogens is 1. The highest BCUT2D eigenvalue weighted by Gasteiger charge is 2.21. The molecule has 0 aliphatic carbocycles. The van der Waals surface area contributed by atoms with Crippen LogP contribution in [0.3, 0.4) is 0 Å². The van der Waals surface area contributed by atoms with Crippen LogP contribution < -0.4 is 14.8 Å². The molecule has 2 aromatic rings. The van der Waals surface area contributed by atoms with Crippen LogP contribution in [0.4, 0.5) is 8.78 Å². The summed E-state index contributed by atoms with van der Waals surface area (Å²) in [5.74, 6) is 2.06. The van der Waals surface area contributed by atoms with Crippen molar-refractivity contribution in [2.24, 2.45) is 4.99 Å². The molecule has 164 valence electrons. The van der Waals surface area contributed by atoms with E-state index in [9.17, 15) is 8.78 Å². The van der Waals surface area contributed by atoms with Crippen molar-refractivity contribution >= 4 is 5.96 Å². The van der Waals surface area contributed by atoms with Gasteiger partial charge in [-0.25, -0.2) is 0 Å². The summed E-state index contributed by atoms with van der Waals surface area (Å²) in [6, 6.07) is 6.81. The zero-order valence-electron chi connectivity index (χ0n) is 17.4.